The summed E-state index contributed by atoms with van der Waals surface area (Å²) in [6.07, 6.45) is 3.07. The fraction of sp³-hybridized carbons (Fsp3) is 0.692. The van der Waals surface area contributed by atoms with Gasteiger partial charge in [-0.15, -0.1) is 0 Å². The summed E-state index contributed by atoms with van der Waals surface area (Å²) in [5.74, 6) is 8.52. The van der Waals surface area contributed by atoms with Gasteiger partial charge in [-0.05, 0) is 25.7 Å². The molecule has 0 aromatic carbocycles. The van der Waals surface area contributed by atoms with Crippen LogP contribution in [0.2, 0.25) is 0 Å². The Morgan fingerprint density at radius 3 is 2.79 bits per heavy atom. The molecular formula is C13H23N5O. The molecule has 0 saturated carbocycles. The number of ether oxygens (including phenoxy) is 1. The van der Waals surface area contributed by atoms with Crippen LogP contribution < -0.4 is 16.6 Å². The molecule has 19 heavy (non-hydrogen) atoms. The maximum Gasteiger partial charge on any atom is 0.148 e. The second kappa shape index (κ2) is 6.68. The van der Waals surface area contributed by atoms with Gasteiger partial charge < -0.3 is 15.5 Å². The SMILES string of the molecule is CCc1nc(NN)c(C)c(NCCC2CCOC2)n1. The van der Waals surface area contributed by atoms with Crippen molar-refractivity contribution in [2.75, 3.05) is 30.5 Å². The summed E-state index contributed by atoms with van der Waals surface area (Å²) < 4.78 is 5.38. The highest BCUT2D eigenvalue weighted by Crippen LogP contribution is 2.21. The van der Waals surface area contributed by atoms with Crippen LogP contribution in [-0.4, -0.2) is 29.7 Å². The maximum absolute atomic E-state index is 5.49. The Kier molecular flexibility index (Phi) is 4.93. The topological polar surface area (TPSA) is 85.1 Å². The molecule has 1 atom stereocenters. The Bertz CT molecular complexity index is 418. The molecule has 0 amide bonds. The van der Waals surface area contributed by atoms with Crippen molar-refractivity contribution in [2.24, 2.45) is 11.8 Å². The summed E-state index contributed by atoms with van der Waals surface area (Å²) in [5, 5.41) is 3.39. The molecule has 1 fully saturated rings. The molecule has 1 aliphatic heterocycles. The Labute approximate surface area is 114 Å². The van der Waals surface area contributed by atoms with Crippen LogP contribution in [-0.2, 0) is 11.2 Å². The van der Waals surface area contributed by atoms with Gasteiger partial charge in [-0.1, -0.05) is 6.92 Å². The number of hydrogen-bond donors (Lipinski definition) is 3. The van der Waals surface area contributed by atoms with Crippen molar-refractivity contribution < 1.29 is 4.74 Å². The smallest absolute Gasteiger partial charge is 0.148 e. The second-order valence-corrected chi connectivity index (χ2v) is 4.91. The van der Waals surface area contributed by atoms with Gasteiger partial charge in [0.05, 0.1) is 0 Å². The van der Waals surface area contributed by atoms with Gasteiger partial charge in [0, 0.05) is 31.7 Å². The molecule has 0 radical (unpaired) electrons. The number of aryl methyl sites for hydroxylation is 1. The molecule has 6 heteroatoms. The summed E-state index contributed by atoms with van der Waals surface area (Å²) in [7, 11) is 0. The average Bonchev–Trinajstić information content (AvgIpc) is 2.94. The third-order valence-corrected chi connectivity index (χ3v) is 3.51. The minimum absolute atomic E-state index is 0.674. The van der Waals surface area contributed by atoms with Gasteiger partial charge in [-0.25, -0.2) is 15.8 Å². The van der Waals surface area contributed by atoms with Gasteiger partial charge in [0.25, 0.3) is 0 Å². The van der Waals surface area contributed by atoms with Crippen LogP contribution in [0.25, 0.3) is 0 Å². The predicted octanol–water partition coefficient (Wildman–Crippen LogP) is 1.47. The standard InChI is InChI=1S/C13H23N5O/c1-3-11-16-12(9(2)13(17-11)18-14)15-6-4-10-5-7-19-8-10/h10H,3-8,14H2,1-2H3,(H2,15,16,17,18). The molecule has 6 nitrogen and oxygen atoms in total. The van der Waals surface area contributed by atoms with Crippen LogP contribution in [0.4, 0.5) is 11.6 Å². The molecule has 1 unspecified atom stereocenters. The Morgan fingerprint density at radius 1 is 1.37 bits per heavy atom. The number of nitrogens with zero attached hydrogens (tertiary/aromatic N) is 2. The minimum Gasteiger partial charge on any atom is -0.381 e. The number of rotatable bonds is 6. The molecule has 2 rings (SSSR count). The normalized spacial score (nSPS) is 18.6. The van der Waals surface area contributed by atoms with Gasteiger partial charge in [-0.3, -0.25) is 0 Å². The third kappa shape index (κ3) is 3.54. The summed E-state index contributed by atoms with van der Waals surface area (Å²) in [6.45, 7) is 6.69. The molecule has 1 aliphatic rings. The van der Waals surface area contributed by atoms with Crippen molar-refractivity contribution >= 4 is 11.6 Å². The molecule has 2 heterocycles. The summed E-state index contributed by atoms with van der Waals surface area (Å²) in [5.41, 5.74) is 3.59. The van der Waals surface area contributed by atoms with E-state index in [0.717, 1.165) is 49.8 Å². The number of nitrogen functional groups attached to an aromatic ring is 1. The molecule has 106 valence electrons. The monoisotopic (exact) mass is 265 g/mol. The maximum atomic E-state index is 5.49. The van der Waals surface area contributed by atoms with Crippen LogP contribution in [0.3, 0.4) is 0 Å². The van der Waals surface area contributed by atoms with Gasteiger partial charge in [0.2, 0.25) is 0 Å². The zero-order valence-electron chi connectivity index (χ0n) is 11.7. The zero-order chi connectivity index (χ0) is 13.7. The van der Waals surface area contributed by atoms with E-state index in [0.29, 0.717) is 11.7 Å². The lowest BCUT2D eigenvalue weighted by atomic mass is 10.1. The number of nitrogens with two attached hydrogens (primary N) is 1. The Hall–Kier alpha value is -1.40. The highest BCUT2D eigenvalue weighted by atomic mass is 16.5. The Balaban J connectivity index is 1.97. The molecule has 0 spiro atoms. The first-order valence-electron chi connectivity index (χ1n) is 6.90. The van der Waals surface area contributed by atoms with E-state index in [9.17, 15) is 0 Å². The van der Waals surface area contributed by atoms with E-state index < -0.39 is 0 Å². The van der Waals surface area contributed by atoms with E-state index in [2.05, 4.69) is 20.7 Å². The number of anilines is 2. The van der Waals surface area contributed by atoms with Crippen molar-refractivity contribution in [3.05, 3.63) is 11.4 Å². The van der Waals surface area contributed by atoms with Gasteiger partial charge in [0.15, 0.2) is 0 Å². The molecule has 0 aliphatic carbocycles. The lowest BCUT2D eigenvalue weighted by molar-refractivity contribution is 0.185. The summed E-state index contributed by atoms with van der Waals surface area (Å²) >= 11 is 0. The highest BCUT2D eigenvalue weighted by Gasteiger charge is 2.15. The quantitative estimate of drug-likeness (QED) is 0.533. The van der Waals surface area contributed by atoms with E-state index in [1.54, 1.807) is 0 Å². The van der Waals surface area contributed by atoms with Crippen molar-refractivity contribution in [1.82, 2.24) is 9.97 Å². The number of hydrogen-bond acceptors (Lipinski definition) is 6. The molecule has 4 N–H and O–H groups in total. The van der Waals surface area contributed by atoms with E-state index in [1.807, 2.05) is 13.8 Å². The fourth-order valence-electron chi connectivity index (χ4n) is 2.24. The van der Waals surface area contributed by atoms with Crippen LogP contribution in [0.15, 0.2) is 0 Å². The largest absolute Gasteiger partial charge is 0.381 e. The zero-order valence-corrected chi connectivity index (χ0v) is 11.7. The van der Waals surface area contributed by atoms with E-state index >= 15 is 0 Å². The molecule has 1 aromatic heterocycles. The van der Waals surface area contributed by atoms with Gasteiger partial charge >= 0.3 is 0 Å². The first-order chi connectivity index (χ1) is 9.24. The van der Waals surface area contributed by atoms with E-state index in [4.69, 9.17) is 10.6 Å². The third-order valence-electron chi connectivity index (χ3n) is 3.51. The average molecular weight is 265 g/mol. The minimum atomic E-state index is 0.674. The summed E-state index contributed by atoms with van der Waals surface area (Å²) in [4.78, 5) is 8.86. The number of hydrazine groups is 1. The molecule has 1 aromatic rings. The van der Waals surface area contributed by atoms with E-state index in [-0.39, 0.29) is 0 Å². The van der Waals surface area contributed by atoms with Crippen molar-refractivity contribution in [2.45, 2.75) is 33.1 Å². The number of nitrogens with one attached hydrogen (secondary N) is 2. The first-order valence-corrected chi connectivity index (χ1v) is 6.90. The fourth-order valence-corrected chi connectivity index (χ4v) is 2.24. The number of aromatic nitrogens is 2. The second-order valence-electron chi connectivity index (χ2n) is 4.91. The van der Waals surface area contributed by atoms with Crippen LogP contribution in [0, 0.1) is 12.8 Å². The van der Waals surface area contributed by atoms with Crippen LogP contribution in [0.1, 0.15) is 31.2 Å². The highest BCUT2D eigenvalue weighted by molar-refractivity contribution is 5.56. The lowest BCUT2D eigenvalue weighted by Crippen LogP contribution is -2.16. The molecule has 1 saturated heterocycles. The lowest BCUT2D eigenvalue weighted by Gasteiger charge is -2.14. The van der Waals surface area contributed by atoms with Gasteiger partial charge in [0.1, 0.15) is 17.5 Å². The summed E-state index contributed by atoms with van der Waals surface area (Å²) in [6, 6.07) is 0. The van der Waals surface area contributed by atoms with E-state index in [1.165, 1.54) is 6.42 Å². The van der Waals surface area contributed by atoms with Crippen molar-refractivity contribution in [3.8, 4) is 0 Å². The predicted molar refractivity (Wildman–Crippen MR) is 76.0 cm³/mol. The van der Waals surface area contributed by atoms with Crippen molar-refractivity contribution in [3.63, 3.8) is 0 Å². The first kappa shape index (κ1) is 14.0. The van der Waals surface area contributed by atoms with Crippen LogP contribution in [0.5, 0.6) is 0 Å². The van der Waals surface area contributed by atoms with Crippen LogP contribution >= 0.6 is 0 Å². The Morgan fingerprint density at radius 2 is 2.16 bits per heavy atom. The van der Waals surface area contributed by atoms with Crippen molar-refractivity contribution in [1.29, 1.82) is 0 Å². The molecule has 0 bridgehead atoms. The van der Waals surface area contributed by atoms with Gasteiger partial charge in [-0.2, -0.15) is 0 Å². The molecular weight excluding hydrogens is 242 g/mol.